The molecule has 0 spiro atoms. The highest BCUT2D eigenvalue weighted by atomic mass is 15.1. The van der Waals surface area contributed by atoms with Crippen LogP contribution in [0.25, 0.3) is 0 Å². The molecule has 1 heterocycles. The molecule has 1 rings (SSSR count). The lowest BCUT2D eigenvalue weighted by Gasteiger charge is -2.08. The average Bonchev–Trinajstić information content (AvgIpc) is 1.96. The van der Waals surface area contributed by atoms with Crippen molar-refractivity contribution in [2.45, 2.75) is 26.8 Å². The van der Waals surface area contributed by atoms with Crippen molar-refractivity contribution >= 4 is 11.6 Å². The number of nitrogens with zero attached hydrogens (tertiary/aromatic N) is 2. The van der Waals surface area contributed by atoms with Crippen molar-refractivity contribution in [1.29, 1.82) is 0 Å². The fraction of sp³-hybridized carbons (Fsp3) is 0.500. The number of rotatable bonds is 2. The third kappa shape index (κ3) is 2.08. The van der Waals surface area contributed by atoms with E-state index < -0.39 is 0 Å². The van der Waals surface area contributed by atoms with Gasteiger partial charge in [-0.15, -0.1) is 0 Å². The Hall–Kier alpha value is -1.32. The third-order valence-corrected chi connectivity index (χ3v) is 1.44. The van der Waals surface area contributed by atoms with E-state index in [1.165, 1.54) is 0 Å². The number of hydrogen-bond donors (Lipinski definition) is 2. The van der Waals surface area contributed by atoms with Crippen molar-refractivity contribution in [3.8, 4) is 0 Å². The minimum atomic E-state index is 0.341. The molecule has 4 heteroatoms. The summed E-state index contributed by atoms with van der Waals surface area (Å²) in [6, 6.07) is 0.341. The van der Waals surface area contributed by atoms with Crippen molar-refractivity contribution in [2.24, 2.45) is 0 Å². The van der Waals surface area contributed by atoms with Crippen molar-refractivity contribution in [1.82, 2.24) is 9.97 Å². The van der Waals surface area contributed by atoms with Crippen LogP contribution in [0.15, 0.2) is 6.20 Å². The van der Waals surface area contributed by atoms with E-state index in [1.54, 1.807) is 6.20 Å². The molecule has 0 aliphatic heterocycles. The predicted molar refractivity (Wildman–Crippen MR) is 49.9 cm³/mol. The monoisotopic (exact) mass is 166 g/mol. The zero-order valence-corrected chi connectivity index (χ0v) is 7.63. The molecule has 4 nitrogen and oxygen atoms in total. The quantitative estimate of drug-likeness (QED) is 0.692. The summed E-state index contributed by atoms with van der Waals surface area (Å²) in [5.74, 6) is 0.636. The summed E-state index contributed by atoms with van der Waals surface area (Å²) in [6.45, 7) is 5.94. The van der Waals surface area contributed by atoms with Gasteiger partial charge < -0.3 is 11.1 Å². The molecule has 66 valence electrons. The fourth-order valence-corrected chi connectivity index (χ4v) is 0.804. The van der Waals surface area contributed by atoms with Crippen LogP contribution in [0, 0.1) is 6.92 Å². The van der Waals surface area contributed by atoms with Crippen LogP contribution < -0.4 is 11.1 Å². The van der Waals surface area contributed by atoms with Gasteiger partial charge in [0.2, 0.25) is 5.95 Å². The molecule has 1 aromatic heterocycles. The van der Waals surface area contributed by atoms with Crippen molar-refractivity contribution < 1.29 is 0 Å². The Bertz CT molecular complexity index is 270. The zero-order valence-electron chi connectivity index (χ0n) is 7.63. The Balaban J connectivity index is 2.82. The molecule has 3 N–H and O–H groups in total. The Kier molecular flexibility index (Phi) is 2.47. The number of aromatic nitrogens is 2. The minimum Gasteiger partial charge on any atom is -0.396 e. The van der Waals surface area contributed by atoms with Gasteiger partial charge in [-0.3, -0.25) is 0 Å². The van der Waals surface area contributed by atoms with Crippen LogP contribution in [0.5, 0.6) is 0 Å². The van der Waals surface area contributed by atoms with Crippen molar-refractivity contribution in [2.75, 3.05) is 11.1 Å². The molecule has 0 aliphatic rings. The van der Waals surface area contributed by atoms with Crippen LogP contribution in [0.1, 0.15) is 19.5 Å². The largest absolute Gasteiger partial charge is 0.396 e. The van der Waals surface area contributed by atoms with Crippen LogP contribution in [-0.2, 0) is 0 Å². The fourth-order valence-electron chi connectivity index (χ4n) is 0.804. The van der Waals surface area contributed by atoms with Crippen LogP contribution >= 0.6 is 0 Å². The maximum Gasteiger partial charge on any atom is 0.223 e. The number of nitrogens with two attached hydrogens (primary N) is 1. The average molecular weight is 166 g/mol. The van der Waals surface area contributed by atoms with E-state index in [2.05, 4.69) is 15.3 Å². The van der Waals surface area contributed by atoms with E-state index in [9.17, 15) is 0 Å². The lowest BCUT2D eigenvalue weighted by molar-refractivity contribution is 0.871. The number of anilines is 2. The predicted octanol–water partition coefficient (Wildman–Crippen LogP) is 1.19. The Morgan fingerprint density at radius 3 is 2.67 bits per heavy atom. The maximum atomic E-state index is 5.57. The molecule has 0 saturated carbocycles. The summed E-state index contributed by atoms with van der Waals surface area (Å²) in [4.78, 5) is 8.20. The molecular weight excluding hydrogens is 152 g/mol. The molecule has 0 saturated heterocycles. The van der Waals surface area contributed by atoms with E-state index in [4.69, 9.17) is 5.73 Å². The van der Waals surface area contributed by atoms with Gasteiger partial charge in [0.25, 0.3) is 0 Å². The normalized spacial score (nSPS) is 10.3. The molecule has 0 bridgehead atoms. The first-order valence-corrected chi connectivity index (χ1v) is 3.95. The van der Waals surface area contributed by atoms with E-state index in [1.807, 2.05) is 20.8 Å². The summed E-state index contributed by atoms with van der Waals surface area (Å²) in [7, 11) is 0. The molecular formula is C8H14N4. The smallest absolute Gasteiger partial charge is 0.223 e. The molecule has 0 atom stereocenters. The molecule has 0 fully saturated rings. The van der Waals surface area contributed by atoms with Crippen LogP contribution in [0.3, 0.4) is 0 Å². The standard InChI is InChI=1S/C8H14N4/c1-5(2)11-8-10-4-7(9)6(3)12-8/h4-5H,9H2,1-3H3,(H,10,11,12). The zero-order chi connectivity index (χ0) is 9.14. The van der Waals surface area contributed by atoms with Gasteiger partial charge in [-0.25, -0.2) is 9.97 Å². The minimum absolute atomic E-state index is 0.341. The molecule has 0 aromatic carbocycles. The Morgan fingerprint density at radius 1 is 1.50 bits per heavy atom. The summed E-state index contributed by atoms with van der Waals surface area (Å²) < 4.78 is 0. The Labute approximate surface area is 72.2 Å². The molecule has 0 aliphatic carbocycles. The second kappa shape index (κ2) is 3.38. The van der Waals surface area contributed by atoms with Gasteiger partial charge in [0.1, 0.15) is 0 Å². The number of aryl methyl sites for hydroxylation is 1. The van der Waals surface area contributed by atoms with Crippen molar-refractivity contribution in [3.63, 3.8) is 0 Å². The first kappa shape index (κ1) is 8.77. The molecule has 0 amide bonds. The first-order chi connectivity index (χ1) is 5.59. The summed E-state index contributed by atoms with van der Waals surface area (Å²) >= 11 is 0. The van der Waals surface area contributed by atoms with Gasteiger partial charge in [-0.2, -0.15) is 0 Å². The van der Waals surface area contributed by atoms with E-state index in [0.29, 0.717) is 17.7 Å². The highest BCUT2D eigenvalue weighted by Crippen LogP contribution is 2.08. The molecule has 12 heavy (non-hydrogen) atoms. The van der Waals surface area contributed by atoms with E-state index in [0.717, 1.165) is 5.69 Å². The van der Waals surface area contributed by atoms with Gasteiger partial charge in [0.15, 0.2) is 0 Å². The molecule has 0 radical (unpaired) electrons. The van der Waals surface area contributed by atoms with E-state index in [-0.39, 0.29) is 0 Å². The second-order valence-corrected chi connectivity index (χ2v) is 3.03. The molecule has 1 aromatic rings. The topological polar surface area (TPSA) is 63.8 Å². The highest BCUT2D eigenvalue weighted by Gasteiger charge is 2.00. The summed E-state index contributed by atoms with van der Waals surface area (Å²) in [5, 5.41) is 3.10. The first-order valence-electron chi connectivity index (χ1n) is 3.95. The van der Waals surface area contributed by atoms with Gasteiger partial charge in [-0.1, -0.05) is 0 Å². The number of nitrogens with one attached hydrogen (secondary N) is 1. The highest BCUT2D eigenvalue weighted by molar-refractivity contribution is 5.43. The van der Waals surface area contributed by atoms with Gasteiger partial charge in [0, 0.05) is 6.04 Å². The number of nitrogen functional groups attached to an aromatic ring is 1. The maximum absolute atomic E-state index is 5.57. The lowest BCUT2D eigenvalue weighted by Crippen LogP contribution is -2.13. The van der Waals surface area contributed by atoms with Gasteiger partial charge >= 0.3 is 0 Å². The van der Waals surface area contributed by atoms with Gasteiger partial charge in [-0.05, 0) is 20.8 Å². The van der Waals surface area contributed by atoms with Crippen LogP contribution in [0.4, 0.5) is 11.6 Å². The molecule has 0 unspecified atom stereocenters. The van der Waals surface area contributed by atoms with Gasteiger partial charge in [0.05, 0.1) is 17.6 Å². The van der Waals surface area contributed by atoms with Crippen LogP contribution in [-0.4, -0.2) is 16.0 Å². The second-order valence-electron chi connectivity index (χ2n) is 3.03. The summed E-state index contributed by atoms with van der Waals surface area (Å²) in [6.07, 6.45) is 1.62. The SMILES string of the molecule is Cc1nc(NC(C)C)ncc1N. The number of hydrogen-bond acceptors (Lipinski definition) is 4. The van der Waals surface area contributed by atoms with Crippen LogP contribution in [0.2, 0.25) is 0 Å². The lowest BCUT2D eigenvalue weighted by atomic mass is 10.4. The van der Waals surface area contributed by atoms with E-state index >= 15 is 0 Å². The summed E-state index contributed by atoms with van der Waals surface area (Å²) in [5.41, 5.74) is 7.01. The third-order valence-electron chi connectivity index (χ3n) is 1.44. The Morgan fingerprint density at radius 2 is 2.17 bits per heavy atom. The van der Waals surface area contributed by atoms with Crippen molar-refractivity contribution in [3.05, 3.63) is 11.9 Å².